The second-order valence-corrected chi connectivity index (χ2v) is 6.07. The first-order valence-electron chi connectivity index (χ1n) is 8.20. The third-order valence-corrected chi connectivity index (χ3v) is 4.13. The van der Waals surface area contributed by atoms with Crippen LogP contribution in [0.4, 0.5) is 4.39 Å². The summed E-state index contributed by atoms with van der Waals surface area (Å²) in [5.74, 6) is -0.283. The molecule has 136 valence electrons. The number of H-pyrrole nitrogens is 2. The summed E-state index contributed by atoms with van der Waals surface area (Å²) in [6.07, 6.45) is 3.43. The molecule has 8 nitrogen and oxygen atoms in total. The molecule has 1 aromatic carbocycles. The lowest BCUT2D eigenvalue weighted by Crippen LogP contribution is -2.27. The lowest BCUT2D eigenvalue weighted by atomic mass is 10.2. The number of rotatable bonds is 4. The van der Waals surface area contributed by atoms with E-state index >= 15 is 0 Å². The Labute approximate surface area is 152 Å². The number of amides is 1. The highest BCUT2D eigenvalue weighted by atomic mass is 19.1. The third-order valence-electron chi connectivity index (χ3n) is 4.13. The van der Waals surface area contributed by atoms with Gasteiger partial charge in [-0.2, -0.15) is 5.10 Å². The van der Waals surface area contributed by atoms with Gasteiger partial charge in [0.1, 0.15) is 11.5 Å². The normalized spacial score (nSPS) is 12.2. The number of halogens is 1. The van der Waals surface area contributed by atoms with Crippen LogP contribution in [0.3, 0.4) is 0 Å². The molecule has 0 radical (unpaired) electrons. The van der Waals surface area contributed by atoms with E-state index in [0.717, 1.165) is 5.56 Å². The molecule has 0 unspecified atom stereocenters. The van der Waals surface area contributed by atoms with Gasteiger partial charge in [0.25, 0.3) is 5.91 Å². The van der Waals surface area contributed by atoms with Crippen molar-refractivity contribution < 1.29 is 9.18 Å². The number of carbonyl (C=O) groups is 1. The second kappa shape index (κ2) is 6.52. The van der Waals surface area contributed by atoms with Crippen LogP contribution in [0.15, 0.2) is 53.6 Å². The first-order valence-corrected chi connectivity index (χ1v) is 8.20. The van der Waals surface area contributed by atoms with Crippen molar-refractivity contribution in [2.75, 3.05) is 0 Å². The number of nitrogens with one attached hydrogen (secondary N) is 3. The fourth-order valence-corrected chi connectivity index (χ4v) is 2.72. The zero-order valence-electron chi connectivity index (χ0n) is 14.2. The zero-order valence-corrected chi connectivity index (χ0v) is 14.2. The number of pyridine rings is 1. The van der Waals surface area contributed by atoms with Crippen LogP contribution in [-0.2, 0) is 0 Å². The highest BCUT2D eigenvalue weighted by Crippen LogP contribution is 2.20. The molecule has 3 N–H and O–H groups in total. The van der Waals surface area contributed by atoms with Gasteiger partial charge in [0.05, 0.1) is 17.3 Å². The molecule has 0 aliphatic rings. The molecule has 3 heterocycles. The van der Waals surface area contributed by atoms with Crippen molar-refractivity contribution in [1.82, 2.24) is 29.9 Å². The summed E-state index contributed by atoms with van der Waals surface area (Å²) in [4.78, 5) is 30.6. The van der Waals surface area contributed by atoms with Gasteiger partial charge in [-0.05, 0) is 43.3 Å². The predicted molar refractivity (Wildman–Crippen MR) is 95.7 cm³/mol. The van der Waals surface area contributed by atoms with Crippen molar-refractivity contribution in [3.05, 3.63) is 76.5 Å². The largest absolute Gasteiger partial charge is 0.342 e. The predicted octanol–water partition coefficient (Wildman–Crippen LogP) is 2.04. The molecule has 0 saturated heterocycles. The number of fused-ring (bicyclic) bond motifs is 1. The quantitative estimate of drug-likeness (QED) is 0.514. The molecule has 4 rings (SSSR count). The minimum atomic E-state index is -0.468. The Morgan fingerprint density at radius 3 is 2.67 bits per heavy atom. The standard InChI is InChI=1S/C18H15FN6O2/c1-10(16-22-18(27)24-23-16)20-17(26)12-4-7-15-21-14(9-25(15)8-12)11-2-5-13(19)6-3-11/h2-10H,1H3,(H,20,26)(H2,22,23,24,27)/t10-/m1/s1. The number of nitrogens with zero attached hydrogens (tertiary/aromatic N) is 3. The fraction of sp³-hybridized carbons (Fsp3) is 0.111. The minimum Gasteiger partial charge on any atom is -0.342 e. The van der Waals surface area contributed by atoms with Crippen LogP contribution in [0.5, 0.6) is 0 Å². The first kappa shape index (κ1) is 16.7. The topological polar surface area (TPSA) is 108 Å². The molecule has 27 heavy (non-hydrogen) atoms. The lowest BCUT2D eigenvalue weighted by Gasteiger charge is -2.10. The van der Waals surface area contributed by atoms with Crippen molar-refractivity contribution >= 4 is 11.6 Å². The van der Waals surface area contributed by atoms with Crippen LogP contribution in [0.2, 0.25) is 0 Å². The Balaban J connectivity index is 1.58. The van der Waals surface area contributed by atoms with Crippen LogP contribution in [0.1, 0.15) is 29.1 Å². The molecule has 0 bridgehead atoms. The van der Waals surface area contributed by atoms with Gasteiger partial charge in [-0.3, -0.25) is 9.78 Å². The average molecular weight is 366 g/mol. The summed E-state index contributed by atoms with van der Waals surface area (Å²) >= 11 is 0. The van der Waals surface area contributed by atoms with E-state index in [2.05, 4.69) is 25.5 Å². The molecule has 4 aromatic rings. The number of hydrogen-bond acceptors (Lipinski definition) is 4. The maximum absolute atomic E-state index is 13.1. The van der Waals surface area contributed by atoms with E-state index in [1.807, 2.05) is 0 Å². The van der Waals surface area contributed by atoms with Gasteiger partial charge < -0.3 is 9.72 Å². The summed E-state index contributed by atoms with van der Waals surface area (Å²) in [7, 11) is 0. The Bertz CT molecular complexity index is 1170. The van der Waals surface area contributed by atoms with Crippen LogP contribution in [0, 0.1) is 5.82 Å². The summed E-state index contributed by atoms with van der Waals surface area (Å²) in [5.41, 5.74) is 2.11. The number of benzene rings is 1. The van der Waals surface area contributed by atoms with E-state index in [0.29, 0.717) is 22.7 Å². The number of aromatic nitrogens is 5. The van der Waals surface area contributed by atoms with Crippen LogP contribution in [0.25, 0.3) is 16.9 Å². The van der Waals surface area contributed by atoms with Crippen molar-refractivity contribution in [1.29, 1.82) is 0 Å². The summed E-state index contributed by atoms with van der Waals surface area (Å²) in [5, 5.41) is 8.83. The summed E-state index contributed by atoms with van der Waals surface area (Å²) < 4.78 is 14.8. The lowest BCUT2D eigenvalue weighted by molar-refractivity contribution is 0.0938. The van der Waals surface area contributed by atoms with Crippen LogP contribution in [-0.4, -0.2) is 30.5 Å². The molecule has 0 saturated carbocycles. The number of carbonyl (C=O) groups excluding carboxylic acids is 1. The van der Waals surface area contributed by atoms with Gasteiger partial charge in [-0.15, -0.1) is 0 Å². The summed E-state index contributed by atoms with van der Waals surface area (Å²) in [6.45, 7) is 1.71. The number of hydrogen-bond donors (Lipinski definition) is 3. The van der Waals surface area contributed by atoms with Crippen molar-refractivity contribution in [2.24, 2.45) is 0 Å². The maximum Gasteiger partial charge on any atom is 0.340 e. The van der Waals surface area contributed by atoms with Gasteiger partial charge in [0, 0.05) is 18.0 Å². The molecular weight excluding hydrogens is 351 g/mol. The van der Waals surface area contributed by atoms with Crippen molar-refractivity contribution in [3.63, 3.8) is 0 Å². The van der Waals surface area contributed by atoms with Gasteiger partial charge in [-0.25, -0.2) is 19.3 Å². The third kappa shape index (κ3) is 3.34. The Morgan fingerprint density at radius 1 is 1.19 bits per heavy atom. The molecule has 1 amide bonds. The molecule has 9 heteroatoms. The number of aromatic amines is 2. The van der Waals surface area contributed by atoms with Gasteiger partial charge in [0.2, 0.25) is 0 Å². The molecule has 0 aliphatic heterocycles. The fourth-order valence-electron chi connectivity index (χ4n) is 2.72. The highest BCUT2D eigenvalue weighted by Gasteiger charge is 2.15. The monoisotopic (exact) mass is 366 g/mol. The van der Waals surface area contributed by atoms with Crippen molar-refractivity contribution in [3.8, 4) is 11.3 Å². The molecular formula is C18H15FN6O2. The first-order chi connectivity index (χ1) is 13.0. The Kier molecular flexibility index (Phi) is 4.03. The Hall–Kier alpha value is -3.75. The van der Waals surface area contributed by atoms with Crippen molar-refractivity contribution in [2.45, 2.75) is 13.0 Å². The van der Waals surface area contributed by atoms with Crippen LogP contribution < -0.4 is 11.0 Å². The van der Waals surface area contributed by atoms with E-state index in [1.54, 1.807) is 48.0 Å². The highest BCUT2D eigenvalue weighted by molar-refractivity contribution is 5.94. The molecule has 0 fully saturated rings. The smallest absolute Gasteiger partial charge is 0.340 e. The second-order valence-electron chi connectivity index (χ2n) is 6.07. The minimum absolute atomic E-state index is 0.311. The molecule has 0 spiro atoms. The SMILES string of the molecule is C[C@@H](NC(=O)c1ccc2nc(-c3ccc(F)cc3)cn2c1)c1n[nH]c(=O)[nH]1. The van der Waals surface area contributed by atoms with Gasteiger partial charge in [0.15, 0.2) is 5.82 Å². The van der Waals surface area contributed by atoms with E-state index in [9.17, 15) is 14.0 Å². The number of imidazole rings is 1. The molecule has 3 aromatic heterocycles. The van der Waals surface area contributed by atoms with E-state index in [1.165, 1.54) is 12.1 Å². The van der Waals surface area contributed by atoms with Crippen LogP contribution >= 0.6 is 0 Å². The van der Waals surface area contributed by atoms with Gasteiger partial charge >= 0.3 is 5.69 Å². The van der Waals surface area contributed by atoms with Gasteiger partial charge in [-0.1, -0.05) is 0 Å². The van der Waals surface area contributed by atoms with E-state index < -0.39 is 11.7 Å². The molecule has 1 atom stereocenters. The summed E-state index contributed by atoms with van der Waals surface area (Å²) in [6, 6.07) is 8.96. The average Bonchev–Trinajstić information content (AvgIpc) is 3.27. The van der Waals surface area contributed by atoms with E-state index in [-0.39, 0.29) is 11.7 Å². The Morgan fingerprint density at radius 2 is 1.96 bits per heavy atom. The maximum atomic E-state index is 13.1. The molecule has 0 aliphatic carbocycles. The zero-order chi connectivity index (χ0) is 19.0. The van der Waals surface area contributed by atoms with E-state index in [4.69, 9.17) is 0 Å².